The number of methoxy groups -OCH3 is 2. The minimum Gasteiger partial charge on any atom is -0.497 e. The molecule has 140 valence electrons. The highest BCUT2D eigenvalue weighted by Crippen LogP contribution is 2.24. The zero-order valence-electron chi connectivity index (χ0n) is 15.1. The van der Waals surface area contributed by atoms with E-state index in [1.54, 1.807) is 49.5 Å². The number of hydrogen-bond donors (Lipinski definition) is 0. The quantitative estimate of drug-likeness (QED) is 0.642. The van der Waals surface area contributed by atoms with Crippen LogP contribution in [0.1, 0.15) is 16.2 Å². The van der Waals surface area contributed by atoms with Crippen LogP contribution in [0.3, 0.4) is 0 Å². The average molecular weight is 388 g/mol. The van der Waals surface area contributed by atoms with Crippen LogP contribution in [0.4, 0.5) is 0 Å². The summed E-state index contributed by atoms with van der Waals surface area (Å²) in [6.07, 6.45) is 0. The zero-order chi connectivity index (χ0) is 19.4. The average Bonchev–Trinajstić information content (AvgIpc) is 3.15. The van der Waals surface area contributed by atoms with Gasteiger partial charge in [-0.05, 0) is 36.4 Å². The number of nitrogens with zero attached hydrogens (tertiary/aromatic N) is 3. The third-order valence-corrected chi connectivity index (χ3v) is 4.14. The summed E-state index contributed by atoms with van der Waals surface area (Å²) in [6, 6.07) is 12.1. The molecule has 27 heavy (non-hydrogen) atoms. The number of ether oxygens (including phenoxy) is 2. The largest absolute Gasteiger partial charge is 0.497 e. The van der Waals surface area contributed by atoms with Gasteiger partial charge in [-0.2, -0.15) is 4.98 Å². The molecule has 0 spiro atoms. The lowest BCUT2D eigenvalue weighted by Gasteiger charge is -2.16. The summed E-state index contributed by atoms with van der Waals surface area (Å²) in [4.78, 5) is 18.5. The van der Waals surface area contributed by atoms with Gasteiger partial charge in [0.15, 0.2) is 0 Å². The molecule has 1 heterocycles. The lowest BCUT2D eigenvalue weighted by Crippen LogP contribution is -2.26. The molecule has 3 aromatic rings. The Kier molecular flexibility index (Phi) is 5.61. The van der Waals surface area contributed by atoms with Crippen LogP contribution in [-0.4, -0.2) is 42.2 Å². The van der Waals surface area contributed by atoms with E-state index in [0.29, 0.717) is 33.8 Å². The molecule has 2 aromatic carbocycles. The van der Waals surface area contributed by atoms with Crippen molar-refractivity contribution in [3.05, 3.63) is 58.9 Å². The molecule has 0 aliphatic rings. The molecule has 1 aromatic heterocycles. The van der Waals surface area contributed by atoms with Crippen molar-refractivity contribution in [2.45, 2.75) is 6.54 Å². The third kappa shape index (κ3) is 4.38. The summed E-state index contributed by atoms with van der Waals surface area (Å²) in [5.74, 6) is 1.61. The van der Waals surface area contributed by atoms with Gasteiger partial charge in [-0.3, -0.25) is 4.79 Å². The number of benzene rings is 2. The standard InChI is InChI=1S/C19H18ClN3O4/c1-23(19(24)13-8-15(25-2)10-16(9-13)26-3)11-17-21-18(22-27-17)12-4-6-14(20)7-5-12/h4-10H,11H2,1-3H3. The Morgan fingerprint density at radius 2 is 1.74 bits per heavy atom. The molecule has 0 aliphatic carbocycles. The lowest BCUT2D eigenvalue weighted by molar-refractivity contribution is 0.0769. The van der Waals surface area contributed by atoms with Crippen LogP contribution in [0.5, 0.6) is 11.5 Å². The molecule has 0 N–H and O–H groups in total. The summed E-state index contributed by atoms with van der Waals surface area (Å²) < 4.78 is 15.7. The molecule has 7 nitrogen and oxygen atoms in total. The molecule has 0 radical (unpaired) electrons. The van der Waals surface area contributed by atoms with Gasteiger partial charge in [-0.1, -0.05) is 16.8 Å². The smallest absolute Gasteiger partial charge is 0.254 e. The molecule has 0 atom stereocenters. The van der Waals surface area contributed by atoms with E-state index in [2.05, 4.69) is 10.1 Å². The Bertz CT molecular complexity index is 918. The van der Waals surface area contributed by atoms with Gasteiger partial charge < -0.3 is 18.9 Å². The predicted molar refractivity (Wildman–Crippen MR) is 100 cm³/mol. The van der Waals surface area contributed by atoms with E-state index in [1.165, 1.54) is 19.1 Å². The molecule has 0 aliphatic heterocycles. The van der Waals surface area contributed by atoms with Gasteiger partial charge in [0.2, 0.25) is 11.7 Å². The van der Waals surface area contributed by atoms with Crippen LogP contribution in [0.2, 0.25) is 5.02 Å². The van der Waals surface area contributed by atoms with E-state index in [-0.39, 0.29) is 12.5 Å². The number of aromatic nitrogens is 2. The molecule has 3 rings (SSSR count). The number of hydrogen-bond acceptors (Lipinski definition) is 6. The highest BCUT2D eigenvalue weighted by atomic mass is 35.5. The fourth-order valence-corrected chi connectivity index (χ4v) is 2.59. The Labute approximate surface area is 161 Å². The Hall–Kier alpha value is -3.06. The minimum atomic E-state index is -0.224. The van der Waals surface area contributed by atoms with Gasteiger partial charge in [-0.25, -0.2) is 0 Å². The lowest BCUT2D eigenvalue weighted by atomic mass is 10.1. The Morgan fingerprint density at radius 3 is 2.33 bits per heavy atom. The van der Waals surface area contributed by atoms with E-state index in [9.17, 15) is 4.79 Å². The van der Waals surface area contributed by atoms with E-state index in [1.807, 2.05) is 0 Å². The van der Waals surface area contributed by atoms with Crippen molar-refractivity contribution < 1.29 is 18.8 Å². The van der Waals surface area contributed by atoms with Gasteiger partial charge in [0, 0.05) is 29.3 Å². The van der Waals surface area contributed by atoms with Crippen molar-refractivity contribution in [2.24, 2.45) is 0 Å². The highest BCUT2D eigenvalue weighted by molar-refractivity contribution is 6.30. The van der Waals surface area contributed by atoms with Crippen molar-refractivity contribution in [1.82, 2.24) is 15.0 Å². The summed E-state index contributed by atoms with van der Waals surface area (Å²) in [5.41, 5.74) is 1.21. The summed E-state index contributed by atoms with van der Waals surface area (Å²) in [5, 5.41) is 4.58. The van der Waals surface area contributed by atoms with Gasteiger partial charge in [-0.15, -0.1) is 0 Å². The van der Waals surface area contributed by atoms with E-state index >= 15 is 0 Å². The van der Waals surface area contributed by atoms with Crippen LogP contribution in [-0.2, 0) is 6.54 Å². The van der Waals surface area contributed by atoms with Crippen LogP contribution < -0.4 is 9.47 Å². The van der Waals surface area contributed by atoms with Crippen molar-refractivity contribution in [1.29, 1.82) is 0 Å². The highest BCUT2D eigenvalue weighted by Gasteiger charge is 2.18. The molecule has 0 unspecified atom stereocenters. The topological polar surface area (TPSA) is 77.7 Å². The summed E-state index contributed by atoms with van der Waals surface area (Å²) in [7, 11) is 4.72. The fourth-order valence-electron chi connectivity index (χ4n) is 2.46. The first-order valence-electron chi connectivity index (χ1n) is 8.07. The number of amides is 1. The third-order valence-electron chi connectivity index (χ3n) is 3.89. The van der Waals surface area contributed by atoms with E-state index < -0.39 is 0 Å². The second-order valence-corrected chi connectivity index (χ2v) is 6.22. The van der Waals surface area contributed by atoms with Gasteiger partial charge in [0.25, 0.3) is 5.91 Å². The van der Waals surface area contributed by atoms with Crippen molar-refractivity contribution >= 4 is 17.5 Å². The van der Waals surface area contributed by atoms with E-state index in [0.717, 1.165) is 5.56 Å². The van der Waals surface area contributed by atoms with Crippen LogP contribution in [0.15, 0.2) is 47.0 Å². The van der Waals surface area contributed by atoms with Crippen molar-refractivity contribution in [3.8, 4) is 22.9 Å². The fraction of sp³-hybridized carbons (Fsp3) is 0.211. The van der Waals surface area contributed by atoms with Gasteiger partial charge in [0.1, 0.15) is 11.5 Å². The Balaban J connectivity index is 1.74. The second-order valence-electron chi connectivity index (χ2n) is 5.78. The Morgan fingerprint density at radius 1 is 1.11 bits per heavy atom. The maximum Gasteiger partial charge on any atom is 0.254 e. The zero-order valence-corrected chi connectivity index (χ0v) is 15.9. The van der Waals surface area contributed by atoms with Gasteiger partial charge in [0.05, 0.1) is 20.8 Å². The monoisotopic (exact) mass is 387 g/mol. The number of carbonyl (C=O) groups is 1. The first kappa shape index (κ1) is 18.7. The minimum absolute atomic E-state index is 0.166. The molecule has 0 bridgehead atoms. The number of rotatable bonds is 6. The van der Waals surface area contributed by atoms with E-state index in [4.69, 9.17) is 25.6 Å². The first-order valence-corrected chi connectivity index (χ1v) is 8.45. The molecular weight excluding hydrogens is 370 g/mol. The maximum atomic E-state index is 12.7. The molecule has 0 saturated heterocycles. The van der Waals surface area contributed by atoms with Crippen LogP contribution in [0.25, 0.3) is 11.4 Å². The maximum absolute atomic E-state index is 12.7. The molecule has 1 amide bonds. The first-order chi connectivity index (χ1) is 13.0. The second kappa shape index (κ2) is 8.09. The van der Waals surface area contributed by atoms with Crippen molar-refractivity contribution in [2.75, 3.05) is 21.3 Å². The SMILES string of the molecule is COc1cc(OC)cc(C(=O)N(C)Cc2nc(-c3ccc(Cl)cc3)no2)c1. The van der Waals surface area contributed by atoms with Crippen LogP contribution >= 0.6 is 11.6 Å². The van der Waals surface area contributed by atoms with Crippen molar-refractivity contribution in [3.63, 3.8) is 0 Å². The van der Waals surface area contributed by atoms with Gasteiger partial charge >= 0.3 is 0 Å². The molecular formula is C19H18ClN3O4. The molecule has 8 heteroatoms. The number of carbonyl (C=O) groups excluding carboxylic acids is 1. The molecule has 0 fully saturated rings. The van der Waals surface area contributed by atoms with Crippen LogP contribution in [0, 0.1) is 0 Å². The normalized spacial score (nSPS) is 10.5. The summed E-state index contributed by atoms with van der Waals surface area (Å²) >= 11 is 5.88. The molecule has 0 saturated carbocycles. The summed E-state index contributed by atoms with van der Waals surface area (Å²) in [6.45, 7) is 0.166. The number of halogens is 1. The predicted octanol–water partition coefficient (Wildman–Crippen LogP) is 3.68.